The van der Waals surface area contributed by atoms with Gasteiger partial charge in [0.15, 0.2) is 28.9 Å². The lowest BCUT2D eigenvalue weighted by Gasteiger charge is -2.36. The maximum Gasteiger partial charge on any atom is 0.256 e. The van der Waals surface area contributed by atoms with E-state index in [9.17, 15) is 99.0 Å². The molecule has 38 heteroatoms. The van der Waals surface area contributed by atoms with Gasteiger partial charge in [-0.1, -0.05) is 30.3 Å². The van der Waals surface area contributed by atoms with Crippen molar-refractivity contribution in [3.05, 3.63) is 267 Å². The second-order valence-corrected chi connectivity index (χ2v) is 35.7. The van der Waals surface area contributed by atoms with Crippen LogP contribution in [0.4, 0.5) is 0 Å². The molecule has 15 rings (SSSR count). The van der Waals surface area contributed by atoms with Crippen molar-refractivity contribution < 1.29 is 127 Å². The van der Waals surface area contributed by atoms with E-state index < -0.39 is 6.04 Å². The predicted octanol–water partition coefficient (Wildman–Crippen LogP) is 10.5. The number of pyridine rings is 5. The summed E-state index contributed by atoms with van der Waals surface area (Å²) in [5.74, 6) is 1.59. The van der Waals surface area contributed by atoms with Gasteiger partial charge in [-0.15, -0.1) is 0 Å². The number of aliphatic hydroxyl groups excluding tert-OH is 5. The second kappa shape index (κ2) is 54.1. The van der Waals surface area contributed by atoms with Crippen molar-refractivity contribution in [2.24, 2.45) is 0 Å². The Kier molecular flexibility index (Phi) is 41.3. The molecule has 0 unspecified atom stereocenters. The van der Waals surface area contributed by atoms with Crippen LogP contribution >= 0.6 is 23.5 Å². The van der Waals surface area contributed by atoms with Crippen molar-refractivity contribution in [2.75, 3.05) is 122 Å². The monoisotopic (exact) mass is 1990 g/mol. The fourth-order valence-corrected chi connectivity index (χ4v) is 19.0. The Bertz CT molecular complexity index is 5770. The van der Waals surface area contributed by atoms with Crippen LogP contribution in [0.3, 0.4) is 0 Å². The van der Waals surface area contributed by atoms with Gasteiger partial charge in [-0.2, -0.15) is 23.5 Å². The number of aromatic hydroxyl groups is 5. The van der Waals surface area contributed by atoms with Gasteiger partial charge in [-0.3, -0.25) is 72.9 Å². The number of hydrogen-bond acceptors (Lipinski definition) is 33. The van der Waals surface area contributed by atoms with E-state index in [1.807, 2.05) is 0 Å². The van der Waals surface area contributed by atoms with Gasteiger partial charge in [0, 0.05) is 126 Å². The lowest BCUT2D eigenvalue weighted by atomic mass is 10.0. The van der Waals surface area contributed by atoms with Crippen molar-refractivity contribution in [2.45, 2.75) is 129 Å². The molecule has 5 atom stereocenters. The van der Waals surface area contributed by atoms with Gasteiger partial charge in [-0.25, -0.2) is 0 Å². The average Bonchev–Trinajstić information content (AvgIpc) is 0.861. The second-order valence-electron chi connectivity index (χ2n) is 33.4. The smallest absolute Gasteiger partial charge is 0.256 e. The molecular weight excluding hydrogens is 1870 g/mol. The minimum Gasteiger partial charge on any atom is -0.507 e. The van der Waals surface area contributed by atoms with Gasteiger partial charge in [0.2, 0.25) is 0 Å². The third-order valence-electron chi connectivity index (χ3n) is 23.9. The number of ketones is 5. The number of Topliss-reactive ketones (excluding diaryl/α,β-unsaturated/α-hetero) is 5. The zero-order chi connectivity index (χ0) is 102. The molecule has 5 fully saturated rings. The normalized spacial score (nSPS) is 16.5. The Morgan fingerprint density at radius 3 is 0.873 bits per heavy atom. The molecule has 0 saturated carbocycles. The summed E-state index contributed by atoms with van der Waals surface area (Å²) < 4.78 is 34.7. The molecule has 5 aromatic carbocycles. The minimum absolute atomic E-state index is 0.0742. The quantitative estimate of drug-likeness (QED) is 0.0171. The van der Waals surface area contributed by atoms with Crippen LogP contribution in [0.15, 0.2) is 183 Å². The zero-order valence-electron chi connectivity index (χ0n) is 79.5. The lowest BCUT2D eigenvalue weighted by molar-refractivity contribution is -0.0152. The third kappa shape index (κ3) is 28.5. The molecule has 0 bridgehead atoms. The molecule has 752 valence electrons. The highest BCUT2D eigenvalue weighted by Crippen LogP contribution is 2.37. The summed E-state index contributed by atoms with van der Waals surface area (Å²) in [6.45, 7) is 10.3. The number of morpholine rings is 1. The Balaban J connectivity index is 0.000000169. The van der Waals surface area contributed by atoms with Gasteiger partial charge in [0.25, 0.3) is 29.5 Å². The molecule has 5 aromatic heterocycles. The van der Waals surface area contributed by atoms with Crippen molar-refractivity contribution >= 4 is 82.0 Å². The van der Waals surface area contributed by atoms with Crippen LogP contribution in [-0.4, -0.2) is 311 Å². The maximum atomic E-state index is 13.2. The molecule has 5 aliphatic rings. The topological polar surface area (TPSA) is 509 Å². The summed E-state index contributed by atoms with van der Waals surface area (Å²) in [7, 11) is 0. The predicted molar refractivity (Wildman–Crippen MR) is 526 cm³/mol. The molecule has 10 heterocycles. The van der Waals surface area contributed by atoms with Gasteiger partial charge in [0.1, 0.15) is 118 Å². The van der Waals surface area contributed by atoms with Gasteiger partial charge in [0.05, 0.1) is 113 Å². The minimum atomic E-state index is -0.393. The number of carbonyl (C=O) groups excluding carboxylic acids is 10. The molecule has 0 spiro atoms. The Morgan fingerprint density at radius 2 is 0.577 bits per heavy atom. The molecule has 5 amide bonds. The van der Waals surface area contributed by atoms with Crippen molar-refractivity contribution in [3.8, 4) is 57.5 Å². The Labute approximate surface area is 829 Å². The van der Waals surface area contributed by atoms with Crippen LogP contribution < -0.4 is 23.7 Å². The number of phenolic OH excluding ortho intramolecular Hbond substituents is 5. The van der Waals surface area contributed by atoms with Crippen molar-refractivity contribution in [1.29, 1.82) is 0 Å². The number of piperidine rings is 1. The number of phenols is 5. The number of benzene rings is 5. The molecule has 36 nitrogen and oxygen atoms in total. The molecule has 142 heavy (non-hydrogen) atoms. The first kappa shape index (κ1) is 108. The van der Waals surface area contributed by atoms with Crippen LogP contribution in [-0.2, 0) is 37.2 Å². The fourth-order valence-electron chi connectivity index (χ4n) is 16.9. The van der Waals surface area contributed by atoms with Crippen LogP contribution in [0.25, 0.3) is 0 Å². The number of ether oxygens (including phenoxy) is 6. The van der Waals surface area contributed by atoms with E-state index in [1.54, 1.807) is 194 Å². The lowest BCUT2D eigenvalue weighted by Crippen LogP contribution is -2.51. The highest BCUT2D eigenvalue weighted by Gasteiger charge is 2.38. The van der Waals surface area contributed by atoms with Crippen LogP contribution in [0.1, 0.15) is 199 Å². The first-order valence-electron chi connectivity index (χ1n) is 46.4. The number of aromatic nitrogens is 5. The number of likely N-dealkylation sites (tertiary alicyclic amines) is 2. The van der Waals surface area contributed by atoms with Gasteiger partial charge >= 0.3 is 0 Å². The van der Waals surface area contributed by atoms with E-state index in [0.29, 0.717) is 149 Å². The number of rotatable bonds is 33. The summed E-state index contributed by atoms with van der Waals surface area (Å²) in [6, 6.07) is 39.2. The number of thioether (sulfide) groups is 2. The molecule has 10 aromatic rings. The van der Waals surface area contributed by atoms with E-state index in [2.05, 4.69) is 24.9 Å². The number of carbonyl (C=O) groups is 10. The zero-order valence-corrected chi connectivity index (χ0v) is 81.1. The Hall–Kier alpha value is -14.0. The summed E-state index contributed by atoms with van der Waals surface area (Å²) in [5, 5.41) is 96.4. The van der Waals surface area contributed by atoms with Crippen molar-refractivity contribution in [1.82, 2.24) is 49.4 Å². The van der Waals surface area contributed by atoms with E-state index in [-0.39, 0.29) is 218 Å². The number of hydrogen-bond donors (Lipinski definition) is 10. The van der Waals surface area contributed by atoms with E-state index in [4.69, 9.17) is 28.4 Å². The van der Waals surface area contributed by atoms with Gasteiger partial charge in [-0.05, 0) is 188 Å². The number of amides is 5. The molecular formula is C104H118N10O26S2. The maximum absolute atomic E-state index is 13.2. The molecule has 5 aliphatic heterocycles. The first-order chi connectivity index (χ1) is 68.6. The summed E-state index contributed by atoms with van der Waals surface area (Å²) in [6.07, 6.45) is 13.1. The van der Waals surface area contributed by atoms with E-state index in [0.717, 1.165) is 43.6 Å². The van der Waals surface area contributed by atoms with Gasteiger partial charge < -0.3 is 104 Å². The van der Waals surface area contributed by atoms with E-state index >= 15 is 0 Å². The highest BCUT2D eigenvalue weighted by atomic mass is 32.2. The number of nitrogens with zero attached hydrogens (tertiary/aromatic N) is 10. The summed E-state index contributed by atoms with van der Waals surface area (Å²) in [4.78, 5) is 154. The number of aliphatic hydroxyl groups is 5. The van der Waals surface area contributed by atoms with Crippen molar-refractivity contribution in [3.63, 3.8) is 0 Å². The Morgan fingerprint density at radius 1 is 0.317 bits per heavy atom. The molecule has 10 N–H and O–H groups in total. The molecule has 5 saturated heterocycles. The fraction of sp³-hybridized carbons (Fsp3) is 0.375. The third-order valence-corrected chi connectivity index (χ3v) is 26.1. The highest BCUT2D eigenvalue weighted by molar-refractivity contribution is 7.99. The molecule has 0 aliphatic carbocycles. The van der Waals surface area contributed by atoms with Crippen LogP contribution in [0.2, 0.25) is 0 Å². The van der Waals surface area contributed by atoms with Crippen LogP contribution in [0.5, 0.6) is 57.5 Å². The SMILES string of the molecule is CC(=O)c1c(O)cccc1OC[C@@H]1CCCCN1C(=O)c1cccnc1CO.CC(=O)c1c(O)cccc1OC[C@@H]1CCCN1C(=O)c1cccnc1CCO.CC(=O)c1c(O)cccc1OC[C@@H]1COCCN1C(=O)c1cccnc1CO.CC(=O)c1c(O)cccc1OC[C@@H]1CSCCN1C(=O)c1cccnc1CCO.CC(=O)c1c(O)cccc1OC[C@H]1CSCCN1C(=O)c1cccnc1CCO. The largest absolute Gasteiger partial charge is 0.507 e. The average molecular weight is 1990 g/mol. The van der Waals surface area contributed by atoms with Crippen LogP contribution in [0, 0.1) is 0 Å². The summed E-state index contributed by atoms with van der Waals surface area (Å²) in [5.41, 5.74) is 5.26. The van der Waals surface area contributed by atoms with E-state index in [1.165, 1.54) is 71.1 Å². The summed E-state index contributed by atoms with van der Waals surface area (Å²) >= 11 is 3.47. The standard InChI is InChI=1S/2C21H24N2O5S.2C21H24N2O5.C20H22N2O6/c2*1-14(25)20-18(26)5-2-6-19(20)28-12-15-13-29-11-9-23(15)21(27)16-4-3-8-22-17(16)7-10-24;1-14(25)20-18(26)7-2-8-19(20)28-13-15-5-4-11-23(15)21(27)16-6-3-10-22-17(16)9-12-24;1-14(25)20-18(26)8-4-9-19(20)28-13-15-6-2-3-11-23(15)21(27)16-7-5-10-22-17(16)12-24;1-13(24)19-17(25)5-2-6-18(19)28-12-14-11-27-9-8-22(14)20(26)15-4-3-7-21-16(15)10-23/h2*2-6,8,15,24,26H,7,9-13H2,1H3;2-3,6-8,10,15,24,26H,4-5,9,11-13H2,1H3;4-5,7-10,15,24,26H,2-3,6,11-13H2,1H3;2-7,14,23,25H,8-12H2,1H3/t4*15-;14-/m10000/s1. The first-order valence-corrected chi connectivity index (χ1v) is 48.7. The molecule has 0 radical (unpaired) electrons.